The van der Waals surface area contributed by atoms with Crippen LogP contribution >= 0.6 is 0 Å². The topological polar surface area (TPSA) is 115 Å². The second-order valence-corrected chi connectivity index (χ2v) is 8.13. The number of aromatic nitrogens is 2. The number of allylic oxidation sites excluding steroid dienone is 2. The molecular weight excluding hydrogens is 518 g/mol. The number of amides is 1. The van der Waals surface area contributed by atoms with Gasteiger partial charge in [-0.2, -0.15) is 42.0 Å². The summed E-state index contributed by atoms with van der Waals surface area (Å²) in [4.78, 5) is 25.5. The minimum atomic E-state index is -5.39. The van der Waals surface area contributed by atoms with Crippen LogP contribution in [0.2, 0.25) is 0 Å². The normalized spacial score (nSPS) is 15.7. The molecule has 0 saturated carbocycles. The number of halogens is 6. The van der Waals surface area contributed by atoms with E-state index in [4.69, 9.17) is 5.26 Å². The molecule has 1 N–H and O–H groups in total. The van der Waals surface area contributed by atoms with Gasteiger partial charge in [-0.3, -0.25) is 9.59 Å². The van der Waals surface area contributed by atoms with Crippen molar-refractivity contribution >= 4 is 17.5 Å². The highest BCUT2D eigenvalue weighted by molar-refractivity contribution is 6.03. The van der Waals surface area contributed by atoms with Crippen LogP contribution in [-0.4, -0.2) is 38.7 Å². The highest BCUT2D eigenvalue weighted by atomic mass is 19.4. The molecule has 1 unspecified atom stereocenters. The predicted octanol–water partition coefficient (Wildman–Crippen LogP) is 4.63. The zero-order valence-corrected chi connectivity index (χ0v) is 19.6. The Balaban J connectivity index is 2.22. The highest BCUT2D eigenvalue weighted by Gasteiger charge is 2.47. The van der Waals surface area contributed by atoms with Crippen LogP contribution in [0.1, 0.15) is 29.2 Å². The number of carbonyl (C=O) groups is 2. The number of nitrogens with one attached hydrogen (secondary N) is 1. The summed E-state index contributed by atoms with van der Waals surface area (Å²) < 4.78 is 81.0. The molecule has 0 radical (unpaired) electrons. The van der Waals surface area contributed by atoms with E-state index in [1.54, 1.807) is 47.8 Å². The lowest BCUT2D eigenvalue weighted by atomic mass is 9.81. The summed E-state index contributed by atoms with van der Waals surface area (Å²) in [7, 11) is 0. The van der Waals surface area contributed by atoms with Gasteiger partial charge in [-0.25, -0.2) is 4.68 Å². The Bertz CT molecular complexity index is 1380. The zero-order chi connectivity index (χ0) is 28.3. The number of hydrogen-bond donors (Lipinski definition) is 1. The maximum Gasteiger partial charge on any atom is 0.471 e. The summed E-state index contributed by atoms with van der Waals surface area (Å²) in [5, 5.41) is 24.3. The van der Waals surface area contributed by atoms with Gasteiger partial charge in [0.05, 0.1) is 42.3 Å². The number of nitriles is 2. The van der Waals surface area contributed by atoms with Crippen LogP contribution in [0.3, 0.4) is 0 Å². The molecule has 1 atom stereocenters. The molecule has 2 heterocycles. The van der Waals surface area contributed by atoms with Crippen molar-refractivity contribution in [2.75, 3.05) is 5.32 Å². The Morgan fingerprint density at radius 3 is 2.26 bits per heavy atom. The van der Waals surface area contributed by atoms with Gasteiger partial charge in [-0.1, -0.05) is 30.3 Å². The fourth-order valence-electron chi connectivity index (χ4n) is 3.92. The van der Waals surface area contributed by atoms with E-state index >= 15 is 0 Å². The quantitative estimate of drug-likeness (QED) is 0.517. The number of anilines is 1. The molecule has 1 amide bonds. The van der Waals surface area contributed by atoms with Crippen LogP contribution in [0.5, 0.6) is 0 Å². The summed E-state index contributed by atoms with van der Waals surface area (Å²) in [6.45, 7) is 0.892. The lowest BCUT2D eigenvalue weighted by Gasteiger charge is -2.30. The maximum absolute atomic E-state index is 13.7. The van der Waals surface area contributed by atoms with Gasteiger partial charge in [0.15, 0.2) is 0 Å². The predicted molar refractivity (Wildman–Crippen MR) is 119 cm³/mol. The summed E-state index contributed by atoms with van der Waals surface area (Å²) >= 11 is 0. The first kappa shape index (κ1) is 28.0. The van der Waals surface area contributed by atoms with Gasteiger partial charge in [0.2, 0.25) is 0 Å². The Kier molecular flexibility index (Phi) is 7.96. The van der Waals surface area contributed by atoms with Crippen LogP contribution in [0.25, 0.3) is 0 Å². The number of hydrogen-bond acceptors (Lipinski definition) is 6. The second kappa shape index (κ2) is 10.8. The third kappa shape index (κ3) is 6.03. The number of carbonyl (C=O) groups excluding carboxylic acids is 2. The Labute approximate surface area is 212 Å². The molecule has 3 rings (SSSR count). The van der Waals surface area contributed by atoms with Crippen LogP contribution in [0.15, 0.2) is 53.9 Å². The lowest BCUT2D eigenvalue weighted by molar-refractivity contribution is -0.167. The van der Waals surface area contributed by atoms with Gasteiger partial charge in [0.1, 0.15) is 5.82 Å². The molecule has 1 aliphatic heterocycles. The number of alkyl halides is 6. The molecule has 38 heavy (non-hydrogen) atoms. The first-order valence-corrected chi connectivity index (χ1v) is 10.8. The first-order valence-electron chi connectivity index (χ1n) is 10.8. The van der Waals surface area contributed by atoms with Crippen LogP contribution in [-0.2, 0) is 22.7 Å². The molecule has 0 bridgehead atoms. The van der Waals surface area contributed by atoms with Crippen LogP contribution in [0.4, 0.5) is 32.2 Å². The number of benzene rings is 1. The lowest BCUT2D eigenvalue weighted by Crippen LogP contribution is -2.34. The Hall–Kier alpha value is -4.59. The van der Waals surface area contributed by atoms with Crippen molar-refractivity contribution in [3.63, 3.8) is 0 Å². The van der Waals surface area contributed by atoms with Crippen molar-refractivity contribution in [2.45, 2.75) is 44.7 Å². The maximum atomic E-state index is 13.7. The number of rotatable bonds is 7. The molecule has 0 saturated heterocycles. The number of aryl methyl sites for hydroxylation is 2. The molecular formula is C24H18F6N6O2. The summed E-state index contributed by atoms with van der Waals surface area (Å²) in [5.74, 6) is -7.25. The molecule has 1 aromatic carbocycles. The second-order valence-electron chi connectivity index (χ2n) is 8.13. The first-order chi connectivity index (χ1) is 17.8. The minimum Gasteiger partial charge on any atom is -0.348 e. The van der Waals surface area contributed by atoms with E-state index < -0.39 is 52.5 Å². The summed E-state index contributed by atoms with van der Waals surface area (Å²) in [6.07, 6.45) is -8.98. The van der Waals surface area contributed by atoms with E-state index in [9.17, 15) is 41.2 Å². The fraction of sp³-hybridized carbons (Fsp3) is 0.292. The van der Waals surface area contributed by atoms with Crippen molar-refractivity contribution in [2.24, 2.45) is 0 Å². The molecule has 1 aromatic heterocycles. The minimum absolute atomic E-state index is 0.0224. The molecule has 0 spiro atoms. The number of ketones is 1. The van der Waals surface area contributed by atoms with E-state index in [0.717, 1.165) is 10.9 Å². The average Bonchev–Trinajstić information content (AvgIpc) is 3.15. The zero-order valence-electron chi connectivity index (χ0n) is 19.6. The molecule has 0 fully saturated rings. The van der Waals surface area contributed by atoms with Gasteiger partial charge in [-0.05, 0) is 12.5 Å². The molecule has 14 heteroatoms. The van der Waals surface area contributed by atoms with Gasteiger partial charge >= 0.3 is 18.3 Å². The third-order valence-electron chi connectivity index (χ3n) is 5.48. The van der Waals surface area contributed by atoms with E-state index in [1.165, 1.54) is 18.0 Å². The summed E-state index contributed by atoms with van der Waals surface area (Å²) in [6, 6.07) is 11.9. The van der Waals surface area contributed by atoms with Gasteiger partial charge in [-0.15, -0.1) is 0 Å². The third-order valence-corrected chi connectivity index (χ3v) is 5.48. The van der Waals surface area contributed by atoms with Gasteiger partial charge in [0, 0.05) is 30.1 Å². The molecule has 1 aliphatic rings. The molecule has 2 aromatic rings. The highest BCUT2D eigenvalue weighted by Crippen LogP contribution is 2.43. The monoisotopic (exact) mass is 536 g/mol. The average molecular weight is 536 g/mol. The standard InChI is InChI=1S/C24H18F6N6O2/c1-14-18(21(33-22(38)24(28,29)30)36(34-14)9-5-8-31)19-16(10-32)12-35(11-15-6-3-2-4-7-15)13-17(19)20(37)23(25,26)27/h2-4,6-7,12-13,19H,5,9,11H2,1H3,(H,33,38). The summed E-state index contributed by atoms with van der Waals surface area (Å²) in [5.41, 5.74) is -1.27. The Morgan fingerprint density at radius 1 is 1.05 bits per heavy atom. The van der Waals surface area contributed by atoms with E-state index in [1.807, 2.05) is 0 Å². The van der Waals surface area contributed by atoms with E-state index in [-0.39, 0.29) is 25.2 Å². The SMILES string of the molecule is Cc1nn(CCC#N)c(NC(=O)C(F)(F)F)c1C1C(C#N)=CN(Cc2ccccc2)C=C1C(=O)C(F)(F)F. The molecule has 198 valence electrons. The smallest absolute Gasteiger partial charge is 0.348 e. The van der Waals surface area contributed by atoms with Crippen molar-refractivity contribution in [3.05, 3.63) is 70.7 Å². The van der Waals surface area contributed by atoms with Crippen molar-refractivity contribution in [1.29, 1.82) is 10.5 Å². The van der Waals surface area contributed by atoms with E-state index in [2.05, 4.69) is 5.10 Å². The van der Waals surface area contributed by atoms with E-state index in [0.29, 0.717) is 5.56 Å². The van der Waals surface area contributed by atoms with Crippen LogP contribution < -0.4 is 5.32 Å². The van der Waals surface area contributed by atoms with Gasteiger partial charge in [0.25, 0.3) is 5.78 Å². The number of nitrogens with zero attached hydrogens (tertiary/aromatic N) is 5. The van der Waals surface area contributed by atoms with Crippen molar-refractivity contribution in [1.82, 2.24) is 14.7 Å². The largest absolute Gasteiger partial charge is 0.471 e. The Morgan fingerprint density at radius 2 is 1.71 bits per heavy atom. The fourth-order valence-corrected chi connectivity index (χ4v) is 3.92. The molecule has 8 nitrogen and oxygen atoms in total. The van der Waals surface area contributed by atoms with Crippen LogP contribution in [0, 0.1) is 29.6 Å². The number of Topliss-reactive ketones (excluding diaryl/α,β-unsaturated/α-hetero) is 1. The van der Waals surface area contributed by atoms with Gasteiger partial charge < -0.3 is 10.2 Å². The van der Waals surface area contributed by atoms with Crippen molar-refractivity contribution < 1.29 is 35.9 Å². The van der Waals surface area contributed by atoms with Crippen molar-refractivity contribution in [3.8, 4) is 12.1 Å². The molecule has 0 aliphatic carbocycles.